The van der Waals surface area contributed by atoms with E-state index in [9.17, 15) is 0 Å². The molecule has 1 aromatic carbocycles. The van der Waals surface area contributed by atoms with Crippen molar-refractivity contribution in [2.24, 2.45) is 5.73 Å². The van der Waals surface area contributed by atoms with Crippen molar-refractivity contribution >= 4 is 16.5 Å². The smallest absolute Gasteiger partial charge is 0.180 e. The van der Waals surface area contributed by atoms with Crippen molar-refractivity contribution in [3.63, 3.8) is 0 Å². The van der Waals surface area contributed by atoms with E-state index in [0.717, 1.165) is 34.1 Å². The summed E-state index contributed by atoms with van der Waals surface area (Å²) in [5.41, 5.74) is 13.3. The van der Waals surface area contributed by atoms with Crippen molar-refractivity contribution in [3.05, 3.63) is 23.1 Å². The second kappa shape index (κ2) is 5.07. The molecular weight excluding hydrogens is 262 g/mol. The highest BCUT2D eigenvalue weighted by Crippen LogP contribution is 2.37. The molecule has 0 radical (unpaired) electrons. The Morgan fingerprint density at radius 3 is 2.79 bits per heavy atom. The van der Waals surface area contributed by atoms with Crippen molar-refractivity contribution in [1.82, 2.24) is 4.98 Å². The van der Waals surface area contributed by atoms with Crippen LogP contribution in [0.1, 0.15) is 4.88 Å². The molecule has 0 unspecified atom stereocenters. The Kier molecular flexibility index (Phi) is 3.27. The zero-order valence-corrected chi connectivity index (χ0v) is 11.2. The molecule has 1 aromatic heterocycles. The van der Waals surface area contributed by atoms with E-state index < -0.39 is 0 Å². The van der Waals surface area contributed by atoms with E-state index in [0.29, 0.717) is 24.9 Å². The summed E-state index contributed by atoms with van der Waals surface area (Å²) in [5, 5.41) is 0.563. The van der Waals surface area contributed by atoms with Gasteiger partial charge in [0.2, 0.25) is 0 Å². The second-order valence-electron chi connectivity index (χ2n) is 4.22. The Hall–Kier alpha value is -1.79. The normalized spacial score (nSPS) is 13.5. The number of nitrogens with zero attached hydrogens (tertiary/aromatic N) is 1. The van der Waals surface area contributed by atoms with Gasteiger partial charge in [0.1, 0.15) is 13.2 Å². The minimum absolute atomic E-state index is 0.563. The van der Waals surface area contributed by atoms with Gasteiger partial charge in [-0.05, 0) is 31.2 Å². The predicted octanol–water partition coefficient (Wildman–Crippen LogP) is 1.66. The summed E-state index contributed by atoms with van der Waals surface area (Å²) in [6.07, 6.45) is 0.776. The molecule has 1 aliphatic heterocycles. The first-order chi connectivity index (χ1) is 9.28. The highest BCUT2D eigenvalue weighted by atomic mass is 32.1. The summed E-state index contributed by atoms with van der Waals surface area (Å²) < 4.78 is 11.1. The molecule has 4 N–H and O–H groups in total. The molecule has 2 heterocycles. The lowest BCUT2D eigenvalue weighted by atomic mass is 10.1. The third-order valence-electron chi connectivity index (χ3n) is 2.90. The number of benzene rings is 1. The third kappa shape index (κ3) is 2.36. The summed E-state index contributed by atoms with van der Waals surface area (Å²) >= 11 is 1.49. The average Bonchev–Trinajstić information content (AvgIpc) is 2.80. The summed E-state index contributed by atoms with van der Waals surface area (Å²) in [4.78, 5) is 5.50. The first-order valence-electron chi connectivity index (χ1n) is 6.13. The van der Waals surface area contributed by atoms with E-state index in [4.69, 9.17) is 20.9 Å². The number of nitrogen functional groups attached to an aromatic ring is 1. The maximum Gasteiger partial charge on any atom is 0.180 e. The molecule has 2 aromatic rings. The van der Waals surface area contributed by atoms with E-state index >= 15 is 0 Å². The molecular formula is C13H15N3O2S. The highest BCUT2D eigenvalue weighted by Gasteiger charge is 2.16. The second-order valence-corrected chi connectivity index (χ2v) is 5.34. The van der Waals surface area contributed by atoms with Crippen LogP contribution in [0.4, 0.5) is 5.13 Å². The fourth-order valence-corrected chi connectivity index (χ4v) is 2.96. The Morgan fingerprint density at radius 2 is 2.00 bits per heavy atom. The summed E-state index contributed by atoms with van der Waals surface area (Å²) in [5.74, 6) is 1.53. The molecule has 0 amide bonds. The number of aromatic nitrogens is 1. The summed E-state index contributed by atoms with van der Waals surface area (Å²) in [6, 6.07) is 5.83. The summed E-state index contributed by atoms with van der Waals surface area (Å²) in [6.45, 7) is 1.75. The van der Waals surface area contributed by atoms with Gasteiger partial charge in [-0.2, -0.15) is 0 Å². The molecule has 100 valence electrons. The Bertz CT molecular complexity index is 598. The molecule has 1 aliphatic rings. The SMILES string of the molecule is NCCc1sc(N)nc1-c1ccc2c(c1)OCCO2. The zero-order valence-electron chi connectivity index (χ0n) is 10.4. The van der Waals surface area contributed by atoms with Crippen molar-refractivity contribution < 1.29 is 9.47 Å². The molecule has 6 heteroatoms. The van der Waals surface area contributed by atoms with Gasteiger partial charge in [-0.15, -0.1) is 11.3 Å². The molecule has 0 saturated heterocycles. The van der Waals surface area contributed by atoms with Crippen LogP contribution in [-0.4, -0.2) is 24.7 Å². The number of ether oxygens (including phenoxy) is 2. The van der Waals surface area contributed by atoms with E-state index in [1.165, 1.54) is 11.3 Å². The van der Waals surface area contributed by atoms with E-state index in [1.54, 1.807) is 0 Å². The predicted molar refractivity (Wildman–Crippen MR) is 75.7 cm³/mol. The van der Waals surface area contributed by atoms with Gasteiger partial charge in [0, 0.05) is 10.4 Å². The van der Waals surface area contributed by atoms with Crippen LogP contribution in [0.25, 0.3) is 11.3 Å². The quantitative estimate of drug-likeness (QED) is 0.891. The lowest BCUT2D eigenvalue weighted by Gasteiger charge is -2.18. The average molecular weight is 277 g/mol. The number of hydrogen-bond acceptors (Lipinski definition) is 6. The Labute approximate surface area is 115 Å². The fraction of sp³-hybridized carbons (Fsp3) is 0.308. The molecule has 0 atom stereocenters. The highest BCUT2D eigenvalue weighted by molar-refractivity contribution is 7.15. The zero-order chi connectivity index (χ0) is 13.2. The summed E-state index contributed by atoms with van der Waals surface area (Å²) in [7, 11) is 0. The van der Waals surface area contributed by atoms with Gasteiger partial charge >= 0.3 is 0 Å². The third-order valence-corrected chi connectivity index (χ3v) is 3.85. The minimum atomic E-state index is 0.563. The van der Waals surface area contributed by atoms with Crippen molar-refractivity contribution in [3.8, 4) is 22.8 Å². The first-order valence-corrected chi connectivity index (χ1v) is 6.95. The molecule has 19 heavy (non-hydrogen) atoms. The van der Waals surface area contributed by atoms with Crippen molar-refractivity contribution in [2.45, 2.75) is 6.42 Å². The van der Waals surface area contributed by atoms with Crippen LogP contribution < -0.4 is 20.9 Å². The van der Waals surface area contributed by atoms with Gasteiger partial charge < -0.3 is 20.9 Å². The van der Waals surface area contributed by atoms with Crippen LogP contribution in [0.3, 0.4) is 0 Å². The van der Waals surface area contributed by atoms with Crippen molar-refractivity contribution in [1.29, 1.82) is 0 Å². The molecule has 0 bridgehead atoms. The lowest BCUT2D eigenvalue weighted by Crippen LogP contribution is -2.15. The first kappa shape index (κ1) is 12.3. The molecule has 5 nitrogen and oxygen atoms in total. The van der Waals surface area contributed by atoms with Gasteiger partial charge in [-0.1, -0.05) is 0 Å². The minimum Gasteiger partial charge on any atom is -0.486 e. The lowest BCUT2D eigenvalue weighted by molar-refractivity contribution is 0.171. The van der Waals surface area contributed by atoms with E-state index in [-0.39, 0.29) is 0 Å². The van der Waals surface area contributed by atoms with Crippen LogP contribution >= 0.6 is 11.3 Å². The van der Waals surface area contributed by atoms with Gasteiger partial charge in [-0.3, -0.25) is 0 Å². The van der Waals surface area contributed by atoms with Crippen LogP contribution in [-0.2, 0) is 6.42 Å². The number of nitrogens with two attached hydrogens (primary N) is 2. The maximum absolute atomic E-state index is 5.80. The maximum atomic E-state index is 5.80. The van der Waals surface area contributed by atoms with Crippen molar-refractivity contribution in [2.75, 3.05) is 25.5 Å². The molecule has 0 fully saturated rings. The molecule has 3 rings (SSSR count). The number of rotatable bonds is 3. The molecule has 0 aliphatic carbocycles. The Morgan fingerprint density at radius 1 is 1.21 bits per heavy atom. The van der Waals surface area contributed by atoms with Crippen LogP contribution in [0, 0.1) is 0 Å². The largest absolute Gasteiger partial charge is 0.486 e. The standard InChI is InChI=1S/C13H15N3O2S/c14-4-3-11-12(16-13(15)19-11)8-1-2-9-10(7-8)18-6-5-17-9/h1-2,7H,3-6,14H2,(H2,15,16). The monoisotopic (exact) mass is 277 g/mol. The van der Waals surface area contributed by atoms with Crippen LogP contribution in [0.2, 0.25) is 0 Å². The topological polar surface area (TPSA) is 83.4 Å². The van der Waals surface area contributed by atoms with Gasteiger partial charge in [0.05, 0.1) is 5.69 Å². The fourth-order valence-electron chi connectivity index (χ4n) is 2.09. The number of hydrogen-bond donors (Lipinski definition) is 2. The van der Waals surface area contributed by atoms with Crippen LogP contribution in [0.5, 0.6) is 11.5 Å². The number of fused-ring (bicyclic) bond motifs is 1. The number of anilines is 1. The Balaban J connectivity index is 2.01. The van der Waals surface area contributed by atoms with E-state index in [1.807, 2.05) is 18.2 Å². The van der Waals surface area contributed by atoms with Gasteiger partial charge in [0.15, 0.2) is 16.6 Å². The molecule has 0 saturated carbocycles. The van der Waals surface area contributed by atoms with E-state index in [2.05, 4.69) is 4.98 Å². The van der Waals surface area contributed by atoms with Gasteiger partial charge in [-0.25, -0.2) is 4.98 Å². The van der Waals surface area contributed by atoms with Crippen LogP contribution in [0.15, 0.2) is 18.2 Å². The van der Waals surface area contributed by atoms with Gasteiger partial charge in [0.25, 0.3) is 0 Å². The number of thiazole rings is 1. The molecule has 0 spiro atoms.